The molecule has 0 radical (unpaired) electrons. The minimum Gasteiger partial charge on any atom is -0.313 e. The van der Waals surface area contributed by atoms with Crippen molar-refractivity contribution in [2.75, 3.05) is 0 Å². The van der Waals surface area contributed by atoms with Crippen LogP contribution in [0.15, 0.2) is 11.1 Å². The van der Waals surface area contributed by atoms with Crippen LogP contribution in [0.3, 0.4) is 0 Å². The van der Waals surface area contributed by atoms with Crippen LogP contribution in [0.5, 0.6) is 0 Å². The Bertz CT molecular complexity index is 373. The molecule has 13 heavy (non-hydrogen) atoms. The topological polar surface area (TPSA) is 62.8 Å². The molecule has 0 fully saturated rings. The maximum atomic E-state index is 11.2. The molecule has 70 valence electrons. The lowest BCUT2D eigenvalue weighted by atomic mass is 10.1. The molecule has 1 N–H and O–H groups in total. The quantitative estimate of drug-likeness (QED) is 0.734. The summed E-state index contributed by atoms with van der Waals surface area (Å²) in [6.07, 6.45) is 1.85. The summed E-state index contributed by atoms with van der Waals surface area (Å²) in [5, 5.41) is -0.442. The first-order valence-electron chi connectivity index (χ1n) is 3.82. The second-order valence-electron chi connectivity index (χ2n) is 2.65. The third-order valence-corrected chi connectivity index (χ3v) is 1.93. The highest BCUT2D eigenvalue weighted by atomic mass is 35.5. The minimum absolute atomic E-state index is 0.164. The van der Waals surface area contributed by atoms with Crippen LogP contribution < -0.4 is 5.56 Å². The lowest BCUT2D eigenvalue weighted by Gasteiger charge is -1.99. The average Bonchev–Trinajstić information content (AvgIpc) is 2.03. The summed E-state index contributed by atoms with van der Waals surface area (Å²) in [5.41, 5.74) is 0.962. The van der Waals surface area contributed by atoms with Gasteiger partial charge in [-0.05, 0) is 24.9 Å². The molecule has 1 aromatic heterocycles. The van der Waals surface area contributed by atoms with Gasteiger partial charge in [0, 0.05) is 17.7 Å². The number of carbonyl (C=O) groups is 1. The van der Waals surface area contributed by atoms with Crippen molar-refractivity contribution in [2.45, 2.75) is 19.8 Å². The first-order chi connectivity index (χ1) is 6.11. The number of halogens is 1. The fraction of sp³-hybridized carbons (Fsp3) is 0.375. The Balaban J connectivity index is 2.87. The number of H-pyrrole nitrogens is 1. The third-order valence-electron chi connectivity index (χ3n) is 1.74. The highest BCUT2D eigenvalue weighted by Crippen LogP contribution is 2.02. The van der Waals surface area contributed by atoms with Crippen molar-refractivity contribution in [3.8, 4) is 0 Å². The smallest absolute Gasteiger partial charge is 0.254 e. The van der Waals surface area contributed by atoms with E-state index >= 15 is 0 Å². The number of aryl methyl sites for hydroxylation is 1. The molecule has 0 bridgehead atoms. The fourth-order valence-electron chi connectivity index (χ4n) is 1.03. The highest BCUT2D eigenvalue weighted by molar-refractivity contribution is 6.63. The number of hydrogen-bond acceptors (Lipinski definition) is 3. The Kier molecular flexibility index (Phi) is 3.19. The van der Waals surface area contributed by atoms with Gasteiger partial charge in [0.25, 0.3) is 5.56 Å². The molecule has 0 saturated carbocycles. The molecule has 0 atom stereocenters. The van der Waals surface area contributed by atoms with E-state index in [0.717, 1.165) is 0 Å². The standard InChI is InChI=1S/C8H9ClN2O2/c1-5-6(2-3-7(9)12)8(13)11-4-10-5/h4H,2-3H2,1H3,(H,10,11,13). The van der Waals surface area contributed by atoms with Crippen molar-refractivity contribution in [3.63, 3.8) is 0 Å². The van der Waals surface area contributed by atoms with Crippen molar-refractivity contribution in [2.24, 2.45) is 0 Å². The van der Waals surface area contributed by atoms with E-state index < -0.39 is 5.24 Å². The molecule has 0 saturated heterocycles. The Morgan fingerprint density at radius 2 is 2.38 bits per heavy atom. The van der Waals surface area contributed by atoms with Crippen LogP contribution in [-0.2, 0) is 11.2 Å². The number of nitrogens with one attached hydrogen (secondary N) is 1. The van der Waals surface area contributed by atoms with Gasteiger partial charge in [0.2, 0.25) is 5.24 Å². The molecule has 0 aliphatic heterocycles. The molecule has 1 heterocycles. The SMILES string of the molecule is Cc1nc[nH]c(=O)c1CCC(=O)Cl. The molecule has 1 aromatic rings. The molecule has 0 aliphatic carbocycles. The van der Waals surface area contributed by atoms with Gasteiger partial charge >= 0.3 is 0 Å². The van der Waals surface area contributed by atoms with E-state index in [1.165, 1.54) is 6.33 Å². The molecule has 4 nitrogen and oxygen atoms in total. The second-order valence-corrected chi connectivity index (χ2v) is 3.07. The number of rotatable bonds is 3. The van der Waals surface area contributed by atoms with Crippen LogP contribution in [0.1, 0.15) is 17.7 Å². The predicted octanol–water partition coefficient (Wildman–Crippen LogP) is 0.776. The van der Waals surface area contributed by atoms with Crippen molar-refractivity contribution in [1.29, 1.82) is 0 Å². The van der Waals surface area contributed by atoms with Crippen LogP contribution >= 0.6 is 11.6 Å². The Morgan fingerprint density at radius 1 is 1.69 bits per heavy atom. The van der Waals surface area contributed by atoms with Gasteiger partial charge in [-0.3, -0.25) is 9.59 Å². The fourth-order valence-corrected chi connectivity index (χ4v) is 1.13. The van der Waals surface area contributed by atoms with Crippen molar-refractivity contribution in [3.05, 3.63) is 27.9 Å². The van der Waals surface area contributed by atoms with Crippen LogP contribution in [0.2, 0.25) is 0 Å². The summed E-state index contributed by atoms with van der Waals surface area (Å²) in [6.45, 7) is 1.73. The monoisotopic (exact) mass is 200 g/mol. The third kappa shape index (κ3) is 2.66. The van der Waals surface area contributed by atoms with Crippen LogP contribution in [-0.4, -0.2) is 15.2 Å². The van der Waals surface area contributed by atoms with E-state index in [9.17, 15) is 9.59 Å². The average molecular weight is 201 g/mol. The Labute approximate surface area is 80.0 Å². The minimum atomic E-state index is -0.442. The van der Waals surface area contributed by atoms with E-state index in [4.69, 9.17) is 11.6 Å². The van der Waals surface area contributed by atoms with Gasteiger partial charge < -0.3 is 4.98 Å². The number of hydrogen-bond donors (Lipinski definition) is 1. The van der Waals surface area contributed by atoms with Crippen molar-refractivity contribution >= 4 is 16.8 Å². The molecule has 5 heteroatoms. The largest absolute Gasteiger partial charge is 0.313 e. The van der Waals surface area contributed by atoms with Gasteiger partial charge in [0.15, 0.2) is 0 Å². The number of aromatic amines is 1. The second kappa shape index (κ2) is 4.18. The molecule has 0 spiro atoms. The van der Waals surface area contributed by atoms with Gasteiger partial charge in [-0.25, -0.2) is 4.98 Å². The Hall–Kier alpha value is -1.16. The first kappa shape index (κ1) is 9.92. The Morgan fingerprint density at radius 3 is 2.92 bits per heavy atom. The summed E-state index contributed by atoms with van der Waals surface area (Å²) >= 11 is 5.16. The molecular weight excluding hydrogens is 192 g/mol. The summed E-state index contributed by atoms with van der Waals surface area (Å²) in [5.74, 6) is 0. The molecule has 1 rings (SSSR count). The lowest BCUT2D eigenvalue weighted by molar-refractivity contribution is -0.111. The van der Waals surface area contributed by atoms with E-state index in [0.29, 0.717) is 17.7 Å². The first-order valence-corrected chi connectivity index (χ1v) is 4.20. The zero-order chi connectivity index (χ0) is 9.84. The zero-order valence-electron chi connectivity index (χ0n) is 7.13. The van der Waals surface area contributed by atoms with Gasteiger partial charge in [0.05, 0.1) is 6.33 Å². The van der Waals surface area contributed by atoms with Gasteiger partial charge in [-0.1, -0.05) is 0 Å². The summed E-state index contributed by atoms with van der Waals surface area (Å²) in [6, 6.07) is 0. The van der Waals surface area contributed by atoms with E-state index in [2.05, 4.69) is 9.97 Å². The maximum Gasteiger partial charge on any atom is 0.254 e. The number of aromatic nitrogens is 2. The van der Waals surface area contributed by atoms with E-state index in [-0.39, 0.29) is 12.0 Å². The summed E-state index contributed by atoms with van der Waals surface area (Å²) in [7, 11) is 0. The van der Waals surface area contributed by atoms with Gasteiger partial charge in [-0.15, -0.1) is 0 Å². The molecule has 0 aliphatic rings. The normalized spacial score (nSPS) is 10.0. The van der Waals surface area contributed by atoms with Crippen molar-refractivity contribution < 1.29 is 4.79 Å². The molecule has 0 amide bonds. The summed E-state index contributed by atoms with van der Waals surface area (Å²) < 4.78 is 0. The molecule has 0 aromatic carbocycles. The lowest BCUT2D eigenvalue weighted by Crippen LogP contribution is -2.15. The van der Waals surface area contributed by atoms with Gasteiger partial charge in [0.1, 0.15) is 0 Å². The van der Waals surface area contributed by atoms with E-state index in [1.54, 1.807) is 6.92 Å². The predicted molar refractivity (Wildman–Crippen MR) is 48.8 cm³/mol. The zero-order valence-corrected chi connectivity index (χ0v) is 7.89. The van der Waals surface area contributed by atoms with Gasteiger partial charge in [-0.2, -0.15) is 0 Å². The van der Waals surface area contributed by atoms with E-state index in [1.807, 2.05) is 0 Å². The maximum absolute atomic E-state index is 11.2. The highest BCUT2D eigenvalue weighted by Gasteiger charge is 2.06. The van der Waals surface area contributed by atoms with Crippen LogP contribution in [0.25, 0.3) is 0 Å². The molecule has 0 unspecified atom stereocenters. The summed E-state index contributed by atoms with van der Waals surface area (Å²) in [4.78, 5) is 28.0. The van der Waals surface area contributed by atoms with Crippen molar-refractivity contribution in [1.82, 2.24) is 9.97 Å². The number of carbonyl (C=O) groups excluding carboxylic acids is 1. The van der Waals surface area contributed by atoms with Crippen LogP contribution in [0, 0.1) is 6.92 Å². The van der Waals surface area contributed by atoms with Crippen LogP contribution in [0.4, 0.5) is 0 Å². The molecular formula is C8H9ClN2O2. The number of nitrogens with zero attached hydrogens (tertiary/aromatic N) is 1.